The molecule has 2 aromatic rings. The largest absolute Gasteiger partial charge is 0.439 e. The summed E-state index contributed by atoms with van der Waals surface area (Å²) in [5.74, 6) is 1.46. The molecule has 2 rings (SSSR count). The summed E-state index contributed by atoms with van der Waals surface area (Å²) in [5, 5.41) is 3.41. The van der Waals surface area contributed by atoms with E-state index in [1.165, 1.54) is 5.56 Å². The van der Waals surface area contributed by atoms with Gasteiger partial charge in [0.25, 0.3) is 0 Å². The molecule has 21 heavy (non-hydrogen) atoms. The second kappa shape index (κ2) is 7.05. The highest BCUT2D eigenvalue weighted by Gasteiger charge is 2.06. The van der Waals surface area contributed by atoms with Crippen molar-refractivity contribution in [1.82, 2.24) is 10.3 Å². The van der Waals surface area contributed by atoms with E-state index in [4.69, 9.17) is 4.74 Å². The van der Waals surface area contributed by atoms with Gasteiger partial charge in [0.2, 0.25) is 5.88 Å². The molecule has 0 bridgehead atoms. The highest BCUT2D eigenvalue weighted by atomic mass is 79.9. The van der Waals surface area contributed by atoms with Crippen molar-refractivity contribution in [2.75, 3.05) is 0 Å². The fourth-order valence-corrected chi connectivity index (χ4v) is 2.32. The van der Waals surface area contributed by atoms with Gasteiger partial charge in [-0.1, -0.05) is 35.8 Å². The number of aryl methyl sites for hydroxylation is 2. The van der Waals surface area contributed by atoms with Gasteiger partial charge in [-0.15, -0.1) is 0 Å². The van der Waals surface area contributed by atoms with Gasteiger partial charge in [0.05, 0.1) is 0 Å². The Balaban J connectivity index is 2.21. The summed E-state index contributed by atoms with van der Waals surface area (Å²) >= 11 is 3.47. The molecule has 3 nitrogen and oxygen atoms in total. The summed E-state index contributed by atoms with van der Waals surface area (Å²) in [6.45, 7) is 9.10. The Morgan fingerprint density at radius 2 is 1.95 bits per heavy atom. The third-order valence-corrected chi connectivity index (χ3v) is 3.56. The minimum absolute atomic E-state index is 0.454. The molecule has 0 aliphatic rings. The van der Waals surface area contributed by atoms with Gasteiger partial charge in [-0.25, -0.2) is 4.98 Å². The maximum atomic E-state index is 5.95. The maximum Gasteiger partial charge on any atom is 0.219 e. The van der Waals surface area contributed by atoms with Gasteiger partial charge in [-0.3, -0.25) is 0 Å². The summed E-state index contributed by atoms with van der Waals surface area (Å²) in [5.41, 5.74) is 3.22. The molecule has 0 saturated heterocycles. The zero-order chi connectivity index (χ0) is 15.4. The summed E-state index contributed by atoms with van der Waals surface area (Å²) in [7, 11) is 0. The number of ether oxygens (including phenoxy) is 1. The Kier molecular flexibility index (Phi) is 5.37. The molecule has 112 valence electrons. The summed E-state index contributed by atoms with van der Waals surface area (Å²) in [4.78, 5) is 4.46. The number of hydrogen-bond acceptors (Lipinski definition) is 3. The Morgan fingerprint density at radius 1 is 1.19 bits per heavy atom. The molecule has 0 aliphatic heterocycles. The molecule has 1 aromatic heterocycles. The molecule has 0 amide bonds. The minimum Gasteiger partial charge on any atom is -0.439 e. The number of halogens is 1. The van der Waals surface area contributed by atoms with Crippen LogP contribution in [0.1, 0.15) is 30.7 Å². The second-order valence-electron chi connectivity index (χ2n) is 5.50. The predicted molar refractivity (Wildman–Crippen MR) is 89.9 cm³/mol. The summed E-state index contributed by atoms with van der Waals surface area (Å²) in [6, 6.07) is 10.5. The number of pyridine rings is 1. The average molecular weight is 349 g/mol. The average Bonchev–Trinajstić information content (AvgIpc) is 2.40. The van der Waals surface area contributed by atoms with Gasteiger partial charge >= 0.3 is 0 Å². The number of aromatic nitrogens is 1. The number of rotatable bonds is 5. The number of nitrogens with zero attached hydrogens (tertiary/aromatic N) is 1. The van der Waals surface area contributed by atoms with Crippen molar-refractivity contribution in [3.8, 4) is 11.6 Å². The Hall–Kier alpha value is -1.39. The van der Waals surface area contributed by atoms with Crippen LogP contribution in [-0.2, 0) is 6.54 Å². The molecule has 0 atom stereocenters. The summed E-state index contributed by atoms with van der Waals surface area (Å²) < 4.78 is 6.95. The van der Waals surface area contributed by atoms with Crippen molar-refractivity contribution in [2.24, 2.45) is 0 Å². The van der Waals surface area contributed by atoms with Crippen LogP contribution in [-0.4, -0.2) is 11.0 Å². The molecule has 0 spiro atoms. The Morgan fingerprint density at radius 3 is 2.67 bits per heavy atom. The van der Waals surface area contributed by atoms with E-state index in [1.807, 2.05) is 38.1 Å². The lowest BCUT2D eigenvalue weighted by molar-refractivity contribution is 0.456. The van der Waals surface area contributed by atoms with Crippen LogP contribution >= 0.6 is 15.9 Å². The molecule has 0 aliphatic carbocycles. The van der Waals surface area contributed by atoms with Crippen LogP contribution in [0.2, 0.25) is 0 Å². The van der Waals surface area contributed by atoms with Crippen LogP contribution in [0.4, 0.5) is 0 Å². The number of benzene rings is 1. The minimum atomic E-state index is 0.454. The van der Waals surface area contributed by atoms with Crippen molar-refractivity contribution in [3.63, 3.8) is 0 Å². The monoisotopic (exact) mass is 348 g/mol. The van der Waals surface area contributed by atoms with Crippen molar-refractivity contribution >= 4 is 15.9 Å². The first-order valence-corrected chi connectivity index (χ1v) is 7.88. The first-order chi connectivity index (χ1) is 9.94. The van der Waals surface area contributed by atoms with Gasteiger partial charge in [-0.2, -0.15) is 0 Å². The zero-order valence-electron chi connectivity index (χ0n) is 12.9. The van der Waals surface area contributed by atoms with Crippen molar-refractivity contribution in [1.29, 1.82) is 0 Å². The van der Waals surface area contributed by atoms with E-state index >= 15 is 0 Å². The first-order valence-electron chi connectivity index (χ1n) is 7.09. The van der Waals surface area contributed by atoms with Gasteiger partial charge in [0.1, 0.15) is 5.75 Å². The van der Waals surface area contributed by atoms with E-state index in [0.717, 1.165) is 28.0 Å². The fraction of sp³-hybridized carbons (Fsp3) is 0.353. The van der Waals surface area contributed by atoms with E-state index in [0.29, 0.717) is 11.9 Å². The van der Waals surface area contributed by atoms with Crippen LogP contribution in [0, 0.1) is 13.8 Å². The van der Waals surface area contributed by atoms with E-state index < -0.39 is 0 Å². The van der Waals surface area contributed by atoms with Crippen LogP contribution < -0.4 is 10.1 Å². The maximum absolute atomic E-state index is 5.95. The molecule has 0 unspecified atom stereocenters. The van der Waals surface area contributed by atoms with Crippen LogP contribution in [0.15, 0.2) is 34.8 Å². The highest BCUT2D eigenvalue weighted by Crippen LogP contribution is 2.27. The third kappa shape index (κ3) is 4.83. The Labute approximate surface area is 134 Å². The van der Waals surface area contributed by atoms with E-state index in [9.17, 15) is 0 Å². The smallest absolute Gasteiger partial charge is 0.219 e. The van der Waals surface area contributed by atoms with Gasteiger partial charge in [0.15, 0.2) is 0 Å². The lowest BCUT2D eigenvalue weighted by Crippen LogP contribution is -2.21. The lowest BCUT2D eigenvalue weighted by atomic mass is 10.2. The molecular formula is C17H21BrN2O. The van der Waals surface area contributed by atoms with Crippen LogP contribution in [0.3, 0.4) is 0 Å². The van der Waals surface area contributed by atoms with E-state index in [2.05, 4.69) is 46.1 Å². The topological polar surface area (TPSA) is 34.1 Å². The predicted octanol–water partition coefficient (Wildman–Crippen LogP) is 4.75. The molecule has 0 fully saturated rings. The van der Waals surface area contributed by atoms with Crippen LogP contribution in [0.25, 0.3) is 0 Å². The molecular weight excluding hydrogens is 328 g/mol. The SMILES string of the molecule is Cc1cc(CNC(C)C)cc(Oc2cc(Br)ccc2C)n1. The third-order valence-electron chi connectivity index (χ3n) is 3.07. The molecule has 4 heteroatoms. The normalized spacial score (nSPS) is 11.0. The first kappa shape index (κ1) is 16.0. The van der Waals surface area contributed by atoms with E-state index in [-0.39, 0.29) is 0 Å². The molecule has 1 aromatic carbocycles. The second-order valence-corrected chi connectivity index (χ2v) is 6.42. The standard InChI is InChI=1S/C17H21BrN2O/c1-11(2)19-10-14-7-13(4)20-17(8-14)21-16-9-15(18)6-5-12(16)3/h5-9,11,19H,10H2,1-4H3. The molecule has 0 radical (unpaired) electrons. The van der Waals surface area contributed by atoms with Crippen molar-refractivity contribution in [2.45, 2.75) is 40.3 Å². The van der Waals surface area contributed by atoms with Gasteiger partial charge in [0, 0.05) is 28.8 Å². The van der Waals surface area contributed by atoms with Crippen LogP contribution in [0.5, 0.6) is 11.6 Å². The lowest BCUT2D eigenvalue weighted by Gasteiger charge is -2.12. The fourth-order valence-electron chi connectivity index (χ4n) is 1.98. The molecule has 1 N–H and O–H groups in total. The summed E-state index contributed by atoms with van der Waals surface area (Å²) in [6.07, 6.45) is 0. The quantitative estimate of drug-likeness (QED) is 0.846. The number of nitrogens with one attached hydrogen (secondary N) is 1. The van der Waals surface area contributed by atoms with Gasteiger partial charge in [-0.05, 0) is 43.2 Å². The van der Waals surface area contributed by atoms with Gasteiger partial charge < -0.3 is 10.1 Å². The molecule has 1 heterocycles. The Bertz CT molecular complexity index is 626. The zero-order valence-corrected chi connectivity index (χ0v) is 14.5. The van der Waals surface area contributed by atoms with Crippen molar-refractivity contribution < 1.29 is 4.74 Å². The van der Waals surface area contributed by atoms with E-state index in [1.54, 1.807) is 0 Å². The number of hydrogen-bond donors (Lipinski definition) is 1. The molecule has 0 saturated carbocycles. The van der Waals surface area contributed by atoms with Crippen molar-refractivity contribution in [3.05, 3.63) is 51.6 Å². The highest BCUT2D eigenvalue weighted by molar-refractivity contribution is 9.10.